The summed E-state index contributed by atoms with van der Waals surface area (Å²) in [5, 5.41) is 10.4. The number of hydrogen-bond acceptors (Lipinski definition) is 7. The smallest absolute Gasteiger partial charge is 0.410 e. The van der Waals surface area contributed by atoms with Crippen LogP contribution in [0, 0.1) is 5.82 Å². The first kappa shape index (κ1) is 33.3. The Balaban J connectivity index is 1.38. The van der Waals surface area contributed by atoms with Crippen molar-refractivity contribution < 1.29 is 28.6 Å². The van der Waals surface area contributed by atoms with Crippen LogP contribution in [0.1, 0.15) is 58.2 Å². The van der Waals surface area contributed by atoms with Crippen LogP contribution in [-0.4, -0.2) is 115 Å². The highest BCUT2D eigenvalue weighted by atomic mass is 19.1. The summed E-state index contributed by atoms with van der Waals surface area (Å²) >= 11 is 0. The van der Waals surface area contributed by atoms with Crippen molar-refractivity contribution in [3.8, 4) is 0 Å². The summed E-state index contributed by atoms with van der Waals surface area (Å²) in [6, 6.07) is 12.6. The highest BCUT2D eigenvalue weighted by Crippen LogP contribution is 2.41. The van der Waals surface area contributed by atoms with Gasteiger partial charge in [-0.1, -0.05) is 31.2 Å². The Hall–Kier alpha value is -3.05. The van der Waals surface area contributed by atoms with Gasteiger partial charge in [0, 0.05) is 62.0 Å². The van der Waals surface area contributed by atoms with Crippen LogP contribution < -0.4 is 4.90 Å². The molecule has 246 valence electrons. The Morgan fingerprint density at radius 2 is 1.76 bits per heavy atom. The van der Waals surface area contributed by atoms with Gasteiger partial charge < -0.3 is 24.4 Å². The number of ether oxygens (including phenoxy) is 2. The second-order valence-corrected chi connectivity index (χ2v) is 14.3. The van der Waals surface area contributed by atoms with Gasteiger partial charge in [-0.2, -0.15) is 0 Å². The largest absolute Gasteiger partial charge is 0.444 e. The van der Waals surface area contributed by atoms with Crippen LogP contribution in [0.2, 0.25) is 0 Å². The van der Waals surface area contributed by atoms with Gasteiger partial charge in [0.15, 0.2) is 0 Å². The van der Waals surface area contributed by atoms with Gasteiger partial charge in [-0.15, -0.1) is 0 Å². The predicted molar refractivity (Wildman–Crippen MR) is 172 cm³/mol. The van der Waals surface area contributed by atoms with Crippen LogP contribution in [0.4, 0.5) is 14.9 Å². The second-order valence-electron chi connectivity index (χ2n) is 14.3. The van der Waals surface area contributed by atoms with E-state index < -0.39 is 11.0 Å². The number of anilines is 1. The van der Waals surface area contributed by atoms with Crippen LogP contribution in [0.3, 0.4) is 0 Å². The lowest BCUT2D eigenvalue weighted by atomic mass is 9.85. The quantitative estimate of drug-likeness (QED) is 0.498. The molecule has 1 N–H and O–H groups in total. The summed E-state index contributed by atoms with van der Waals surface area (Å²) in [6.07, 6.45) is 0.275. The second kappa shape index (κ2) is 13.4. The normalized spacial score (nSPS) is 26.2. The number of nitrogens with zero attached hydrogens (tertiary/aromatic N) is 4. The number of aliphatic hydroxyl groups excluding tert-OH is 1. The number of aliphatic hydroxyl groups is 1. The summed E-state index contributed by atoms with van der Waals surface area (Å²) in [6.45, 7) is 16.1. The molecule has 3 aliphatic heterocycles. The number of hydrogen-bond donors (Lipinski definition) is 1. The number of halogens is 1. The third kappa shape index (κ3) is 7.68. The summed E-state index contributed by atoms with van der Waals surface area (Å²) in [5.74, 6) is -0.309. The number of carbonyl (C=O) groups is 2. The predicted octanol–water partition coefficient (Wildman–Crippen LogP) is 4.04. The number of morpholine rings is 1. The van der Waals surface area contributed by atoms with E-state index in [0.717, 1.165) is 28.9 Å². The lowest BCUT2D eigenvalue weighted by Gasteiger charge is -2.47. The Kier molecular flexibility index (Phi) is 9.89. The molecule has 3 aliphatic rings. The fraction of sp³-hybridized carbons (Fsp3) is 0.600. The summed E-state index contributed by atoms with van der Waals surface area (Å²) < 4.78 is 24.9. The maximum Gasteiger partial charge on any atom is 0.410 e. The molecule has 4 atom stereocenters. The van der Waals surface area contributed by atoms with E-state index in [4.69, 9.17) is 9.47 Å². The molecule has 2 fully saturated rings. The Morgan fingerprint density at radius 3 is 2.42 bits per heavy atom. The van der Waals surface area contributed by atoms with Gasteiger partial charge in [-0.05, 0) is 75.9 Å². The molecule has 0 aliphatic carbocycles. The Bertz CT molecular complexity index is 1360. The van der Waals surface area contributed by atoms with E-state index in [0.29, 0.717) is 45.8 Å². The van der Waals surface area contributed by atoms with E-state index in [2.05, 4.69) is 16.7 Å². The first-order chi connectivity index (χ1) is 21.3. The molecule has 0 saturated carbocycles. The Labute approximate surface area is 266 Å². The average molecular weight is 625 g/mol. The molecule has 2 saturated heterocycles. The Morgan fingerprint density at radius 1 is 1.04 bits per heavy atom. The lowest BCUT2D eigenvalue weighted by Crippen LogP contribution is -2.64. The van der Waals surface area contributed by atoms with Crippen molar-refractivity contribution in [2.75, 3.05) is 64.0 Å². The summed E-state index contributed by atoms with van der Waals surface area (Å²) in [4.78, 5) is 35.7. The maximum atomic E-state index is 14.2. The third-order valence-electron chi connectivity index (χ3n) is 9.35. The first-order valence-corrected chi connectivity index (χ1v) is 16.1. The van der Waals surface area contributed by atoms with Crippen molar-refractivity contribution in [2.24, 2.45) is 0 Å². The van der Waals surface area contributed by atoms with E-state index in [-0.39, 0.29) is 49.1 Å². The van der Waals surface area contributed by atoms with Crippen LogP contribution in [0.15, 0.2) is 42.5 Å². The average Bonchev–Trinajstić information content (AvgIpc) is 3.28. The summed E-state index contributed by atoms with van der Waals surface area (Å²) in [5.41, 5.74) is 2.58. The molecule has 2 aromatic carbocycles. The molecule has 0 spiro atoms. The zero-order valence-corrected chi connectivity index (χ0v) is 27.6. The van der Waals surface area contributed by atoms with E-state index >= 15 is 0 Å². The minimum atomic E-state index is -0.601. The van der Waals surface area contributed by atoms with Crippen LogP contribution in [0.25, 0.3) is 0 Å². The molecular weight excluding hydrogens is 575 g/mol. The molecule has 0 radical (unpaired) electrons. The molecule has 2 aromatic rings. The van der Waals surface area contributed by atoms with Crippen molar-refractivity contribution in [3.63, 3.8) is 0 Å². The van der Waals surface area contributed by atoms with Gasteiger partial charge in [0.1, 0.15) is 11.4 Å². The van der Waals surface area contributed by atoms with E-state index in [1.54, 1.807) is 17.0 Å². The molecule has 45 heavy (non-hydrogen) atoms. The van der Waals surface area contributed by atoms with E-state index in [1.165, 1.54) is 12.1 Å². The molecule has 2 unspecified atom stereocenters. The van der Waals surface area contributed by atoms with Crippen molar-refractivity contribution >= 4 is 17.7 Å². The topological polar surface area (TPSA) is 85.8 Å². The minimum absolute atomic E-state index is 0.0368. The van der Waals surface area contributed by atoms with Crippen molar-refractivity contribution in [1.82, 2.24) is 14.7 Å². The summed E-state index contributed by atoms with van der Waals surface area (Å²) in [7, 11) is 0. The molecule has 0 aromatic heterocycles. The van der Waals surface area contributed by atoms with Crippen LogP contribution >= 0.6 is 0 Å². The third-order valence-corrected chi connectivity index (χ3v) is 9.35. The van der Waals surface area contributed by atoms with Crippen molar-refractivity contribution in [2.45, 2.75) is 77.1 Å². The molecule has 5 rings (SSSR count). The van der Waals surface area contributed by atoms with Crippen LogP contribution in [0.5, 0.6) is 0 Å². The first-order valence-electron chi connectivity index (χ1n) is 16.1. The molecule has 9 nitrogen and oxygen atoms in total. The van der Waals surface area contributed by atoms with Gasteiger partial charge in [0.2, 0.25) is 5.91 Å². The van der Waals surface area contributed by atoms with Gasteiger partial charge in [-0.25, -0.2) is 9.18 Å². The molecule has 0 bridgehead atoms. The zero-order chi connectivity index (χ0) is 32.5. The molecule has 2 amide bonds. The molecule has 3 heterocycles. The monoisotopic (exact) mass is 624 g/mol. The number of rotatable bonds is 7. The number of carbonyl (C=O) groups excluding carboxylic acids is 2. The minimum Gasteiger partial charge on any atom is -0.444 e. The van der Waals surface area contributed by atoms with E-state index in [9.17, 15) is 19.1 Å². The van der Waals surface area contributed by atoms with Gasteiger partial charge in [0.25, 0.3) is 0 Å². The standard InChI is InChI=1S/C35H49FN4O5/c1-24-17-38(29(18-37-13-14-44-21-25(37)2)19-39(24)33(43)45-34(3,4)5)20-32(42)40-22-35(6,23-41)30-12-9-27(16-31(30)40)15-26-7-10-28(36)11-8-26/h7-12,16,24-25,29,41H,13-15,17-23H2,1-6H3/t24-,25?,29+,35?/m1/s1. The lowest BCUT2D eigenvalue weighted by molar-refractivity contribution is -0.122. The number of benzene rings is 2. The van der Waals surface area contributed by atoms with E-state index in [1.807, 2.05) is 57.7 Å². The molecule has 10 heteroatoms. The maximum absolute atomic E-state index is 14.2. The highest BCUT2D eigenvalue weighted by molar-refractivity contribution is 5.97. The molecular formula is C35H49FN4O5. The SMILES string of the molecule is CC1COCCN1C[C@H]1CN(C(=O)OC(C)(C)C)[C@H](C)CN1CC(=O)N1CC(C)(CO)c2ccc(Cc3ccc(F)cc3)cc21. The fourth-order valence-corrected chi connectivity index (χ4v) is 6.75. The van der Waals surface area contributed by atoms with Gasteiger partial charge in [-0.3, -0.25) is 14.6 Å². The van der Waals surface area contributed by atoms with Crippen molar-refractivity contribution in [3.05, 3.63) is 65.0 Å². The number of amides is 2. The van der Waals surface area contributed by atoms with Gasteiger partial charge in [0.05, 0.1) is 26.4 Å². The van der Waals surface area contributed by atoms with Crippen LogP contribution in [-0.2, 0) is 26.1 Å². The fourth-order valence-electron chi connectivity index (χ4n) is 6.75. The number of fused-ring (bicyclic) bond motifs is 1. The zero-order valence-electron chi connectivity index (χ0n) is 27.6. The van der Waals surface area contributed by atoms with Gasteiger partial charge >= 0.3 is 6.09 Å². The van der Waals surface area contributed by atoms with Crippen molar-refractivity contribution in [1.29, 1.82) is 0 Å². The number of piperazine rings is 1. The highest BCUT2D eigenvalue weighted by Gasteiger charge is 2.43.